The molecule has 0 saturated heterocycles. The second kappa shape index (κ2) is 9.44. The van der Waals surface area contributed by atoms with E-state index >= 15 is 0 Å². The number of nitrogens with one attached hydrogen (secondary N) is 4. The summed E-state index contributed by atoms with van der Waals surface area (Å²) in [6.07, 6.45) is 3.30. The summed E-state index contributed by atoms with van der Waals surface area (Å²) in [6, 6.07) is 21.8. The summed E-state index contributed by atoms with van der Waals surface area (Å²) in [4.78, 5) is 41.5. The number of para-hydroxylation sites is 1. The third-order valence-electron chi connectivity index (χ3n) is 5.57. The Hall–Kier alpha value is -5.05. The van der Waals surface area contributed by atoms with Gasteiger partial charge in [-0.25, -0.2) is 10.5 Å². The van der Waals surface area contributed by atoms with Gasteiger partial charge in [-0.3, -0.25) is 14.4 Å². The van der Waals surface area contributed by atoms with Gasteiger partial charge in [0, 0.05) is 33.6 Å². The molecule has 35 heavy (non-hydrogen) atoms. The summed E-state index contributed by atoms with van der Waals surface area (Å²) in [5.74, 6) is -1.08. The molecular formula is C26H20N6O3. The molecule has 5 aromatic rings. The van der Waals surface area contributed by atoms with E-state index in [-0.39, 0.29) is 5.69 Å². The van der Waals surface area contributed by atoms with Crippen molar-refractivity contribution in [3.8, 4) is 0 Å². The monoisotopic (exact) mass is 464 g/mol. The van der Waals surface area contributed by atoms with Gasteiger partial charge < -0.3 is 10.3 Å². The van der Waals surface area contributed by atoms with Crippen molar-refractivity contribution in [2.24, 2.45) is 5.10 Å². The van der Waals surface area contributed by atoms with Crippen LogP contribution in [0.4, 0.5) is 0 Å². The van der Waals surface area contributed by atoms with Crippen LogP contribution in [0.5, 0.6) is 0 Å². The molecule has 0 fully saturated rings. The topological polar surface area (TPSA) is 132 Å². The van der Waals surface area contributed by atoms with Crippen molar-refractivity contribution in [2.75, 3.05) is 0 Å². The van der Waals surface area contributed by atoms with Crippen molar-refractivity contribution in [1.29, 1.82) is 0 Å². The van der Waals surface area contributed by atoms with Gasteiger partial charge in [-0.15, -0.1) is 0 Å². The van der Waals surface area contributed by atoms with E-state index in [9.17, 15) is 14.4 Å². The molecule has 2 heterocycles. The molecule has 4 N–H and O–H groups in total. The van der Waals surface area contributed by atoms with E-state index in [2.05, 4.69) is 31.0 Å². The van der Waals surface area contributed by atoms with Gasteiger partial charge in [-0.05, 0) is 24.3 Å². The van der Waals surface area contributed by atoms with Crippen LogP contribution in [0.1, 0.15) is 27.7 Å². The number of rotatable bonds is 6. The first-order valence-electron chi connectivity index (χ1n) is 10.8. The number of fused-ring (bicyclic) bond motifs is 2. The zero-order valence-corrected chi connectivity index (χ0v) is 18.4. The van der Waals surface area contributed by atoms with E-state index in [1.165, 1.54) is 6.21 Å². The van der Waals surface area contributed by atoms with Gasteiger partial charge in [-0.1, -0.05) is 54.6 Å². The van der Waals surface area contributed by atoms with Crippen molar-refractivity contribution >= 4 is 39.7 Å². The van der Waals surface area contributed by atoms with E-state index < -0.39 is 23.4 Å². The van der Waals surface area contributed by atoms with Crippen LogP contribution in [-0.4, -0.2) is 33.2 Å². The molecule has 2 amide bonds. The number of hydrazone groups is 1. The van der Waals surface area contributed by atoms with Crippen LogP contribution in [0.2, 0.25) is 0 Å². The van der Waals surface area contributed by atoms with Gasteiger partial charge in [0.2, 0.25) is 0 Å². The number of hydrogen-bond acceptors (Lipinski definition) is 5. The van der Waals surface area contributed by atoms with Gasteiger partial charge in [-0.2, -0.15) is 10.2 Å². The van der Waals surface area contributed by atoms with Gasteiger partial charge in [0.05, 0.1) is 11.6 Å². The highest BCUT2D eigenvalue weighted by Crippen LogP contribution is 2.21. The lowest BCUT2D eigenvalue weighted by Crippen LogP contribution is -2.40. The van der Waals surface area contributed by atoms with Crippen molar-refractivity contribution in [1.82, 2.24) is 25.9 Å². The van der Waals surface area contributed by atoms with Crippen molar-refractivity contribution in [2.45, 2.75) is 6.04 Å². The molecule has 5 rings (SSSR count). The van der Waals surface area contributed by atoms with Crippen LogP contribution in [0, 0.1) is 0 Å². The van der Waals surface area contributed by atoms with Crippen LogP contribution in [0.15, 0.2) is 95.0 Å². The van der Waals surface area contributed by atoms with Crippen molar-refractivity contribution < 1.29 is 9.59 Å². The lowest BCUT2D eigenvalue weighted by Gasteiger charge is -2.18. The number of carbonyl (C=O) groups is 2. The minimum Gasteiger partial charge on any atom is -0.361 e. The van der Waals surface area contributed by atoms with Crippen LogP contribution < -0.4 is 16.3 Å². The normalized spacial score (nSPS) is 12.1. The molecule has 9 heteroatoms. The Balaban J connectivity index is 1.47. The highest BCUT2D eigenvalue weighted by atomic mass is 16.2. The standard InChI is InChI=1S/C26H20N6O3/c33-24(16-8-2-1-3-9-16)29-23(22-19-11-4-5-12-20(19)25(34)32-30-22)26(35)31-28-15-17-14-27-21-13-7-6-10-18(17)21/h1-15,23,27H,(H,29,33)(H,31,35)(H,32,34)/b28-15+. The fourth-order valence-corrected chi connectivity index (χ4v) is 3.85. The summed E-state index contributed by atoms with van der Waals surface area (Å²) in [5, 5.41) is 15.1. The molecule has 0 aliphatic carbocycles. The first kappa shape index (κ1) is 21.8. The number of benzene rings is 3. The second-order valence-electron chi connectivity index (χ2n) is 7.78. The highest BCUT2D eigenvalue weighted by molar-refractivity contribution is 6.01. The minimum atomic E-state index is -1.22. The average Bonchev–Trinajstić information content (AvgIpc) is 3.31. The van der Waals surface area contributed by atoms with E-state index in [0.29, 0.717) is 16.3 Å². The molecule has 9 nitrogen and oxygen atoms in total. The highest BCUT2D eigenvalue weighted by Gasteiger charge is 2.27. The Morgan fingerprint density at radius 3 is 2.37 bits per heavy atom. The number of hydrogen-bond donors (Lipinski definition) is 4. The predicted molar refractivity (Wildman–Crippen MR) is 133 cm³/mol. The molecular weight excluding hydrogens is 444 g/mol. The molecule has 172 valence electrons. The predicted octanol–water partition coefficient (Wildman–Crippen LogP) is 3.03. The van der Waals surface area contributed by atoms with E-state index in [1.54, 1.807) is 60.8 Å². The zero-order chi connectivity index (χ0) is 24.2. The minimum absolute atomic E-state index is 0.198. The van der Waals surface area contributed by atoms with E-state index in [0.717, 1.165) is 16.5 Å². The lowest BCUT2D eigenvalue weighted by atomic mass is 10.0. The fourth-order valence-electron chi connectivity index (χ4n) is 3.85. The molecule has 1 unspecified atom stereocenters. The van der Waals surface area contributed by atoms with Crippen molar-refractivity contribution in [3.63, 3.8) is 0 Å². The smallest absolute Gasteiger partial charge is 0.272 e. The first-order valence-corrected chi connectivity index (χ1v) is 10.8. The van der Waals surface area contributed by atoms with Crippen LogP contribution >= 0.6 is 0 Å². The summed E-state index contributed by atoms with van der Waals surface area (Å²) in [6.45, 7) is 0. The van der Waals surface area contributed by atoms with Crippen molar-refractivity contribution in [3.05, 3.63) is 112 Å². The number of carbonyl (C=O) groups excluding carboxylic acids is 2. The Bertz CT molecular complexity index is 1620. The second-order valence-corrected chi connectivity index (χ2v) is 7.78. The number of aromatic nitrogens is 3. The number of nitrogens with zero attached hydrogens (tertiary/aromatic N) is 2. The zero-order valence-electron chi connectivity index (χ0n) is 18.4. The summed E-state index contributed by atoms with van der Waals surface area (Å²) in [7, 11) is 0. The van der Waals surface area contributed by atoms with Crippen LogP contribution in [-0.2, 0) is 4.79 Å². The molecule has 1 atom stereocenters. The molecule has 2 aromatic heterocycles. The SMILES string of the molecule is O=C(NC(C(=O)N/N=C/c1c[nH]c2ccccc12)c1n[nH]c(=O)c2ccccc12)c1ccccc1. The molecule has 0 saturated carbocycles. The number of aromatic amines is 2. The quantitative estimate of drug-likeness (QED) is 0.227. The fraction of sp³-hybridized carbons (Fsp3) is 0.0385. The Labute approximate surface area is 198 Å². The van der Waals surface area contributed by atoms with Crippen LogP contribution in [0.25, 0.3) is 21.7 Å². The van der Waals surface area contributed by atoms with Gasteiger partial charge in [0.25, 0.3) is 17.4 Å². The first-order chi connectivity index (χ1) is 17.1. The molecule has 0 aliphatic heterocycles. The number of H-pyrrole nitrogens is 2. The maximum absolute atomic E-state index is 13.3. The third-order valence-corrected chi connectivity index (χ3v) is 5.57. The van der Waals surface area contributed by atoms with E-state index in [4.69, 9.17) is 0 Å². The summed E-state index contributed by atoms with van der Waals surface area (Å²) >= 11 is 0. The average molecular weight is 464 g/mol. The largest absolute Gasteiger partial charge is 0.361 e. The molecule has 0 aliphatic rings. The third kappa shape index (κ3) is 4.42. The van der Waals surface area contributed by atoms with Crippen LogP contribution in [0.3, 0.4) is 0 Å². The van der Waals surface area contributed by atoms with Gasteiger partial charge >= 0.3 is 0 Å². The Kier molecular flexibility index (Phi) is 5.87. The molecule has 0 spiro atoms. The maximum Gasteiger partial charge on any atom is 0.272 e. The Morgan fingerprint density at radius 1 is 0.886 bits per heavy atom. The maximum atomic E-state index is 13.3. The molecule has 3 aromatic carbocycles. The molecule has 0 radical (unpaired) electrons. The summed E-state index contributed by atoms with van der Waals surface area (Å²) in [5.41, 5.74) is 4.40. The summed E-state index contributed by atoms with van der Waals surface area (Å²) < 4.78 is 0. The van der Waals surface area contributed by atoms with Gasteiger partial charge in [0.1, 0.15) is 5.69 Å². The Morgan fingerprint density at radius 2 is 1.57 bits per heavy atom. The van der Waals surface area contributed by atoms with Gasteiger partial charge in [0.15, 0.2) is 6.04 Å². The lowest BCUT2D eigenvalue weighted by molar-refractivity contribution is -0.123. The molecule has 0 bridgehead atoms. The number of amides is 2. The van der Waals surface area contributed by atoms with E-state index in [1.807, 2.05) is 24.3 Å².